The Morgan fingerprint density at radius 2 is 2.24 bits per heavy atom. The molecule has 0 saturated carbocycles. The van der Waals surface area contributed by atoms with Gasteiger partial charge in [-0.25, -0.2) is 0 Å². The smallest absolute Gasteiger partial charge is 0.122 e. The average Bonchev–Trinajstić information content (AvgIpc) is 2.54. The van der Waals surface area contributed by atoms with Crippen molar-refractivity contribution in [1.29, 1.82) is 0 Å². The van der Waals surface area contributed by atoms with Gasteiger partial charge in [-0.2, -0.15) is 0 Å². The Bertz CT molecular complexity index is 386. The minimum absolute atomic E-state index is 0.00960. The molecule has 17 heavy (non-hydrogen) atoms. The lowest BCUT2D eigenvalue weighted by Gasteiger charge is -2.19. The first-order valence-corrected chi connectivity index (χ1v) is 6.61. The molecule has 4 heteroatoms. The van der Waals surface area contributed by atoms with E-state index in [0.29, 0.717) is 12.3 Å². The second-order valence-electron chi connectivity index (χ2n) is 5.07. The third kappa shape index (κ3) is 3.61. The van der Waals surface area contributed by atoms with Crippen LogP contribution < -0.4 is 10.5 Å². The molecule has 0 spiro atoms. The minimum atomic E-state index is -0.00960. The fourth-order valence-electron chi connectivity index (χ4n) is 2.05. The highest BCUT2D eigenvalue weighted by atomic mass is 79.9. The van der Waals surface area contributed by atoms with Crippen molar-refractivity contribution < 1.29 is 9.47 Å². The number of benzene rings is 1. The fraction of sp³-hybridized carbons (Fsp3) is 0.538. The first kappa shape index (κ1) is 12.7. The molecule has 1 unspecified atom stereocenters. The van der Waals surface area contributed by atoms with E-state index in [2.05, 4.69) is 29.8 Å². The predicted octanol–water partition coefficient (Wildman–Crippen LogP) is 3.37. The van der Waals surface area contributed by atoms with Gasteiger partial charge in [0.05, 0.1) is 11.7 Å². The molecule has 1 aromatic carbocycles. The SMILES string of the molecule is CC1(C)CCC(COc2cc(N)cc(Br)c2)O1. The Morgan fingerprint density at radius 1 is 1.47 bits per heavy atom. The summed E-state index contributed by atoms with van der Waals surface area (Å²) in [7, 11) is 0. The van der Waals surface area contributed by atoms with E-state index >= 15 is 0 Å². The summed E-state index contributed by atoms with van der Waals surface area (Å²) in [4.78, 5) is 0. The van der Waals surface area contributed by atoms with E-state index in [1.54, 1.807) is 0 Å². The van der Waals surface area contributed by atoms with Crippen LogP contribution in [-0.4, -0.2) is 18.3 Å². The van der Waals surface area contributed by atoms with Crippen LogP contribution in [0.2, 0.25) is 0 Å². The van der Waals surface area contributed by atoms with Crippen molar-refractivity contribution >= 4 is 21.6 Å². The summed E-state index contributed by atoms with van der Waals surface area (Å²) in [5, 5.41) is 0. The van der Waals surface area contributed by atoms with E-state index in [-0.39, 0.29) is 11.7 Å². The van der Waals surface area contributed by atoms with Crippen LogP contribution >= 0.6 is 15.9 Å². The molecule has 2 rings (SSSR count). The van der Waals surface area contributed by atoms with Crippen LogP contribution in [0.4, 0.5) is 5.69 Å². The quantitative estimate of drug-likeness (QED) is 0.870. The number of hydrogen-bond acceptors (Lipinski definition) is 3. The Morgan fingerprint density at radius 3 is 2.82 bits per heavy atom. The van der Waals surface area contributed by atoms with Crippen molar-refractivity contribution in [3.63, 3.8) is 0 Å². The molecule has 1 aliphatic heterocycles. The van der Waals surface area contributed by atoms with Crippen LogP contribution in [0.5, 0.6) is 5.75 Å². The number of halogens is 1. The molecule has 0 radical (unpaired) electrons. The van der Waals surface area contributed by atoms with Gasteiger partial charge in [-0.3, -0.25) is 0 Å². The van der Waals surface area contributed by atoms with Crippen LogP contribution in [0.1, 0.15) is 26.7 Å². The molecular weight excluding hydrogens is 282 g/mol. The van der Waals surface area contributed by atoms with Crippen molar-refractivity contribution in [3.8, 4) is 5.75 Å². The van der Waals surface area contributed by atoms with E-state index in [4.69, 9.17) is 15.2 Å². The van der Waals surface area contributed by atoms with Crippen molar-refractivity contribution in [2.24, 2.45) is 0 Å². The van der Waals surface area contributed by atoms with E-state index in [9.17, 15) is 0 Å². The molecule has 1 atom stereocenters. The maximum atomic E-state index is 5.86. The second-order valence-corrected chi connectivity index (χ2v) is 5.99. The highest BCUT2D eigenvalue weighted by Gasteiger charge is 2.31. The molecule has 1 fully saturated rings. The first-order valence-electron chi connectivity index (χ1n) is 5.81. The van der Waals surface area contributed by atoms with Gasteiger partial charge in [-0.15, -0.1) is 0 Å². The summed E-state index contributed by atoms with van der Waals surface area (Å²) in [5.74, 6) is 0.783. The Labute approximate surface area is 110 Å². The molecule has 94 valence electrons. The molecule has 3 nitrogen and oxygen atoms in total. The molecule has 1 heterocycles. The molecule has 0 aromatic heterocycles. The van der Waals surface area contributed by atoms with Crippen LogP contribution in [-0.2, 0) is 4.74 Å². The minimum Gasteiger partial charge on any atom is -0.491 e. The third-order valence-electron chi connectivity index (χ3n) is 2.88. The Hall–Kier alpha value is -0.740. The maximum Gasteiger partial charge on any atom is 0.122 e. The van der Waals surface area contributed by atoms with E-state index in [0.717, 1.165) is 23.1 Å². The van der Waals surface area contributed by atoms with Crippen LogP contribution in [0.3, 0.4) is 0 Å². The lowest BCUT2D eigenvalue weighted by Crippen LogP contribution is -2.23. The topological polar surface area (TPSA) is 44.5 Å². The summed E-state index contributed by atoms with van der Waals surface area (Å²) < 4.78 is 12.5. The molecule has 2 N–H and O–H groups in total. The largest absolute Gasteiger partial charge is 0.491 e. The molecule has 1 saturated heterocycles. The zero-order valence-electron chi connectivity index (χ0n) is 10.2. The van der Waals surface area contributed by atoms with Gasteiger partial charge in [-0.1, -0.05) is 15.9 Å². The number of nitrogens with two attached hydrogens (primary N) is 1. The summed E-state index contributed by atoms with van der Waals surface area (Å²) in [5.41, 5.74) is 6.43. The van der Waals surface area contributed by atoms with E-state index in [1.807, 2.05) is 18.2 Å². The Kier molecular flexibility index (Phi) is 3.64. The molecule has 0 bridgehead atoms. The normalized spacial score (nSPS) is 22.6. The molecule has 0 aliphatic carbocycles. The van der Waals surface area contributed by atoms with Gasteiger partial charge in [0.25, 0.3) is 0 Å². The Balaban J connectivity index is 1.90. The summed E-state index contributed by atoms with van der Waals surface area (Å²) in [6, 6.07) is 5.59. The number of ether oxygens (including phenoxy) is 2. The monoisotopic (exact) mass is 299 g/mol. The van der Waals surface area contributed by atoms with E-state index in [1.165, 1.54) is 0 Å². The predicted molar refractivity (Wildman–Crippen MR) is 72.2 cm³/mol. The summed E-state index contributed by atoms with van der Waals surface area (Å²) in [6.45, 7) is 4.81. The molecule has 1 aliphatic rings. The van der Waals surface area contributed by atoms with Crippen LogP contribution in [0.15, 0.2) is 22.7 Å². The highest BCUT2D eigenvalue weighted by Crippen LogP contribution is 2.30. The average molecular weight is 300 g/mol. The lowest BCUT2D eigenvalue weighted by molar-refractivity contribution is -0.0326. The van der Waals surface area contributed by atoms with Crippen LogP contribution in [0.25, 0.3) is 0 Å². The summed E-state index contributed by atoms with van der Waals surface area (Å²) >= 11 is 3.39. The molecule has 1 aromatic rings. The first-order chi connectivity index (χ1) is 7.94. The fourth-order valence-corrected chi connectivity index (χ4v) is 2.54. The van der Waals surface area contributed by atoms with Gasteiger partial charge in [0, 0.05) is 16.2 Å². The second kappa shape index (κ2) is 4.86. The third-order valence-corrected chi connectivity index (χ3v) is 3.34. The number of nitrogen functional groups attached to an aromatic ring is 1. The summed E-state index contributed by atoms with van der Waals surface area (Å²) in [6.07, 6.45) is 2.32. The highest BCUT2D eigenvalue weighted by molar-refractivity contribution is 9.10. The zero-order chi connectivity index (χ0) is 12.5. The lowest BCUT2D eigenvalue weighted by atomic mass is 10.1. The standard InChI is InChI=1S/C13H18BrNO2/c1-13(2)4-3-11(17-13)8-16-12-6-9(14)5-10(15)7-12/h5-7,11H,3-4,8,15H2,1-2H3. The zero-order valence-corrected chi connectivity index (χ0v) is 11.8. The number of hydrogen-bond donors (Lipinski definition) is 1. The van der Waals surface area contributed by atoms with Crippen molar-refractivity contribution in [3.05, 3.63) is 22.7 Å². The van der Waals surface area contributed by atoms with Gasteiger partial charge in [-0.05, 0) is 38.8 Å². The van der Waals surface area contributed by atoms with Crippen LogP contribution in [0, 0.1) is 0 Å². The van der Waals surface area contributed by atoms with E-state index < -0.39 is 0 Å². The molecular formula is C13H18BrNO2. The van der Waals surface area contributed by atoms with Gasteiger partial charge in [0.2, 0.25) is 0 Å². The van der Waals surface area contributed by atoms with Crippen molar-refractivity contribution in [2.75, 3.05) is 12.3 Å². The maximum absolute atomic E-state index is 5.86. The molecule has 0 amide bonds. The number of rotatable bonds is 3. The van der Waals surface area contributed by atoms with Gasteiger partial charge in [0.1, 0.15) is 12.4 Å². The van der Waals surface area contributed by atoms with Gasteiger partial charge < -0.3 is 15.2 Å². The van der Waals surface area contributed by atoms with Crippen molar-refractivity contribution in [2.45, 2.75) is 38.4 Å². The van der Waals surface area contributed by atoms with Gasteiger partial charge in [0.15, 0.2) is 0 Å². The number of anilines is 1. The van der Waals surface area contributed by atoms with Crippen molar-refractivity contribution in [1.82, 2.24) is 0 Å². The van der Waals surface area contributed by atoms with Gasteiger partial charge >= 0.3 is 0 Å².